The van der Waals surface area contributed by atoms with E-state index in [1.807, 2.05) is 25.1 Å². The molecule has 0 N–H and O–H groups in total. The van der Waals surface area contributed by atoms with Crippen LogP contribution in [0.15, 0.2) is 28.7 Å². The Hall–Kier alpha value is -2.62. The standard InChI is InChI=1S/C25H32ClN7O2/c1-18-27-31-33(30-18)17-22-16-23(26)5-4-20(22)3-2-10-32-11-6-21(7-12-32)25-29-28-24(35-25)15-19-8-13-34-14-9-19/h2-5,16,19,21H,6-15,17H2,1H3/b3-2+. The van der Waals surface area contributed by atoms with Crippen molar-refractivity contribution in [1.82, 2.24) is 35.3 Å². The number of hydrogen-bond acceptors (Lipinski definition) is 8. The molecule has 0 bridgehead atoms. The van der Waals surface area contributed by atoms with Gasteiger partial charge in [0.15, 0.2) is 5.82 Å². The van der Waals surface area contributed by atoms with Gasteiger partial charge in [-0.25, -0.2) is 0 Å². The summed E-state index contributed by atoms with van der Waals surface area (Å²) in [6.07, 6.45) is 9.48. The molecule has 2 fully saturated rings. The van der Waals surface area contributed by atoms with Crippen molar-refractivity contribution < 1.29 is 9.15 Å². The molecule has 0 unspecified atom stereocenters. The number of benzene rings is 1. The van der Waals surface area contributed by atoms with Gasteiger partial charge in [-0.15, -0.1) is 20.4 Å². The van der Waals surface area contributed by atoms with Crippen LogP contribution in [0.2, 0.25) is 5.02 Å². The molecule has 3 aromatic rings. The van der Waals surface area contributed by atoms with Crippen LogP contribution in [0.1, 0.15) is 60.3 Å². The van der Waals surface area contributed by atoms with Crippen molar-refractivity contribution >= 4 is 17.7 Å². The zero-order chi connectivity index (χ0) is 24.0. The van der Waals surface area contributed by atoms with Crippen molar-refractivity contribution in [2.24, 2.45) is 5.92 Å². The van der Waals surface area contributed by atoms with Crippen molar-refractivity contribution in [3.8, 4) is 0 Å². The fourth-order valence-electron chi connectivity index (χ4n) is 4.82. The number of halogens is 1. The van der Waals surface area contributed by atoms with Gasteiger partial charge in [-0.1, -0.05) is 29.8 Å². The summed E-state index contributed by atoms with van der Waals surface area (Å²) in [5.74, 6) is 3.21. The smallest absolute Gasteiger partial charge is 0.219 e. The quantitative estimate of drug-likeness (QED) is 0.462. The molecule has 10 heteroatoms. The molecule has 0 amide bonds. The molecule has 0 radical (unpaired) electrons. The Kier molecular flexibility index (Phi) is 7.85. The van der Waals surface area contributed by atoms with Gasteiger partial charge in [-0.2, -0.15) is 4.80 Å². The number of likely N-dealkylation sites (tertiary alicyclic amines) is 1. The van der Waals surface area contributed by atoms with Gasteiger partial charge >= 0.3 is 0 Å². The molecule has 2 aromatic heterocycles. The SMILES string of the molecule is Cc1nnn(Cc2cc(Cl)ccc2/C=C/CN2CCC(c3nnc(CC4CCOCC4)o3)CC2)n1. The minimum Gasteiger partial charge on any atom is -0.425 e. The fraction of sp³-hybridized carbons (Fsp3) is 0.560. The van der Waals surface area contributed by atoms with Crippen LogP contribution in [0, 0.1) is 12.8 Å². The third-order valence-corrected chi connectivity index (χ3v) is 7.09. The number of tetrazole rings is 1. The molecule has 2 saturated heterocycles. The average molecular weight is 498 g/mol. The first-order chi connectivity index (χ1) is 17.1. The predicted molar refractivity (Wildman–Crippen MR) is 132 cm³/mol. The molecule has 4 heterocycles. The second-order valence-electron chi connectivity index (χ2n) is 9.48. The summed E-state index contributed by atoms with van der Waals surface area (Å²) in [4.78, 5) is 4.06. The lowest BCUT2D eigenvalue weighted by Gasteiger charge is -2.29. The van der Waals surface area contributed by atoms with Gasteiger partial charge in [0.05, 0.1) is 6.54 Å². The van der Waals surface area contributed by atoms with Crippen LogP contribution >= 0.6 is 11.6 Å². The molecule has 0 atom stereocenters. The van der Waals surface area contributed by atoms with Crippen molar-refractivity contribution in [2.75, 3.05) is 32.8 Å². The normalized spacial score (nSPS) is 18.6. The second-order valence-corrected chi connectivity index (χ2v) is 9.92. The molecule has 0 saturated carbocycles. The Labute approximate surface area is 210 Å². The Bertz CT molecular complexity index is 1130. The highest BCUT2D eigenvalue weighted by Gasteiger charge is 2.25. The molecular weight excluding hydrogens is 466 g/mol. The van der Waals surface area contributed by atoms with Gasteiger partial charge < -0.3 is 9.15 Å². The van der Waals surface area contributed by atoms with E-state index in [4.69, 9.17) is 20.8 Å². The van der Waals surface area contributed by atoms with Gasteiger partial charge in [0, 0.05) is 37.1 Å². The number of aromatic nitrogens is 6. The highest BCUT2D eigenvalue weighted by molar-refractivity contribution is 6.30. The van der Waals surface area contributed by atoms with E-state index in [0.717, 1.165) is 87.9 Å². The van der Waals surface area contributed by atoms with E-state index >= 15 is 0 Å². The van der Waals surface area contributed by atoms with E-state index in [0.29, 0.717) is 29.2 Å². The molecule has 35 heavy (non-hydrogen) atoms. The van der Waals surface area contributed by atoms with Gasteiger partial charge in [-0.3, -0.25) is 4.90 Å². The molecule has 1 aromatic carbocycles. The minimum absolute atomic E-state index is 0.354. The number of piperidine rings is 1. The predicted octanol–water partition coefficient (Wildman–Crippen LogP) is 3.93. The van der Waals surface area contributed by atoms with E-state index in [1.165, 1.54) is 0 Å². The third kappa shape index (κ3) is 6.54. The fourth-order valence-corrected chi connectivity index (χ4v) is 5.01. The minimum atomic E-state index is 0.354. The number of hydrogen-bond donors (Lipinski definition) is 0. The maximum Gasteiger partial charge on any atom is 0.219 e. The largest absolute Gasteiger partial charge is 0.425 e. The molecule has 186 valence electrons. The first-order valence-corrected chi connectivity index (χ1v) is 12.8. The molecule has 5 rings (SSSR count). The zero-order valence-electron chi connectivity index (χ0n) is 20.1. The van der Waals surface area contributed by atoms with E-state index in [-0.39, 0.29) is 0 Å². The summed E-state index contributed by atoms with van der Waals surface area (Å²) in [5, 5.41) is 21.7. The third-order valence-electron chi connectivity index (χ3n) is 6.85. The summed E-state index contributed by atoms with van der Waals surface area (Å²) in [6, 6.07) is 5.92. The van der Waals surface area contributed by atoms with Crippen LogP contribution in [0.25, 0.3) is 6.08 Å². The van der Waals surface area contributed by atoms with E-state index in [2.05, 4.69) is 42.7 Å². The number of aryl methyl sites for hydroxylation is 1. The molecule has 2 aliphatic rings. The molecule has 0 aliphatic carbocycles. The Morgan fingerprint density at radius 2 is 1.91 bits per heavy atom. The summed E-state index contributed by atoms with van der Waals surface area (Å²) in [6.45, 7) is 6.98. The Balaban J connectivity index is 1.12. The van der Waals surface area contributed by atoms with Crippen LogP contribution in [0.4, 0.5) is 0 Å². The van der Waals surface area contributed by atoms with Crippen molar-refractivity contribution in [1.29, 1.82) is 0 Å². The maximum absolute atomic E-state index is 6.24. The van der Waals surface area contributed by atoms with E-state index in [1.54, 1.807) is 4.80 Å². The lowest BCUT2D eigenvalue weighted by atomic mass is 9.96. The van der Waals surface area contributed by atoms with Gasteiger partial charge in [-0.05, 0) is 80.1 Å². The first kappa shape index (κ1) is 24.1. The lowest BCUT2D eigenvalue weighted by molar-refractivity contribution is 0.0645. The molecule has 0 spiro atoms. The number of ether oxygens (including phenoxy) is 1. The summed E-state index contributed by atoms with van der Waals surface area (Å²) < 4.78 is 11.5. The second kappa shape index (κ2) is 11.4. The number of nitrogens with zero attached hydrogens (tertiary/aromatic N) is 7. The monoisotopic (exact) mass is 497 g/mol. The Morgan fingerprint density at radius 1 is 1.09 bits per heavy atom. The molecular formula is C25H32ClN7O2. The van der Waals surface area contributed by atoms with Crippen molar-refractivity contribution in [3.63, 3.8) is 0 Å². The Morgan fingerprint density at radius 3 is 2.69 bits per heavy atom. The molecule has 9 nitrogen and oxygen atoms in total. The average Bonchev–Trinajstić information content (AvgIpc) is 3.50. The summed E-state index contributed by atoms with van der Waals surface area (Å²) in [7, 11) is 0. The van der Waals surface area contributed by atoms with E-state index in [9.17, 15) is 0 Å². The van der Waals surface area contributed by atoms with E-state index < -0.39 is 0 Å². The first-order valence-electron chi connectivity index (χ1n) is 12.4. The van der Waals surface area contributed by atoms with Gasteiger partial charge in [0.25, 0.3) is 0 Å². The van der Waals surface area contributed by atoms with Crippen molar-refractivity contribution in [2.45, 2.75) is 51.5 Å². The number of rotatable bonds is 8. The van der Waals surface area contributed by atoms with Crippen LogP contribution in [-0.2, 0) is 17.7 Å². The zero-order valence-corrected chi connectivity index (χ0v) is 20.9. The van der Waals surface area contributed by atoms with Gasteiger partial charge in [0.2, 0.25) is 11.8 Å². The lowest BCUT2D eigenvalue weighted by Crippen LogP contribution is -2.33. The highest BCUT2D eigenvalue weighted by atomic mass is 35.5. The van der Waals surface area contributed by atoms with Crippen LogP contribution in [0.5, 0.6) is 0 Å². The van der Waals surface area contributed by atoms with Crippen LogP contribution in [0.3, 0.4) is 0 Å². The van der Waals surface area contributed by atoms with Gasteiger partial charge in [0.1, 0.15) is 0 Å². The highest BCUT2D eigenvalue weighted by Crippen LogP contribution is 2.28. The van der Waals surface area contributed by atoms with Crippen LogP contribution < -0.4 is 0 Å². The summed E-state index contributed by atoms with van der Waals surface area (Å²) in [5.41, 5.74) is 2.18. The summed E-state index contributed by atoms with van der Waals surface area (Å²) >= 11 is 6.24. The van der Waals surface area contributed by atoms with Crippen molar-refractivity contribution in [3.05, 3.63) is 58.0 Å². The van der Waals surface area contributed by atoms with Crippen LogP contribution in [-0.4, -0.2) is 68.2 Å². The topological polar surface area (TPSA) is 95.0 Å². The maximum atomic E-state index is 6.24. The molecule has 2 aliphatic heterocycles.